The third-order valence-corrected chi connectivity index (χ3v) is 6.48. The minimum absolute atomic E-state index is 0.196. The Labute approximate surface area is 219 Å². The smallest absolute Gasteiger partial charge is 0.335 e. The van der Waals surface area contributed by atoms with Crippen molar-refractivity contribution in [1.82, 2.24) is 5.32 Å². The van der Waals surface area contributed by atoms with Gasteiger partial charge in [0, 0.05) is 10.6 Å². The summed E-state index contributed by atoms with van der Waals surface area (Å²) in [4.78, 5) is 39.8. The maximum atomic E-state index is 13.4. The minimum Gasteiger partial charge on any atom is -0.488 e. The number of carbonyl (C=O) groups excluding carboxylic acids is 3. The lowest BCUT2D eigenvalue weighted by molar-refractivity contribution is -0.122. The van der Waals surface area contributed by atoms with Gasteiger partial charge in [-0.2, -0.15) is 0 Å². The molecular weight excluding hydrogens is 488 g/mol. The summed E-state index contributed by atoms with van der Waals surface area (Å²) in [5.41, 5.74) is 3.26. The molecule has 4 amide bonds. The van der Waals surface area contributed by atoms with E-state index in [1.807, 2.05) is 61.5 Å². The van der Waals surface area contributed by atoms with Gasteiger partial charge < -0.3 is 4.74 Å². The fourth-order valence-corrected chi connectivity index (χ4v) is 4.51. The monoisotopic (exact) mass is 510 g/mol. The number of halogens is 1. The molecule has 0 aliphatic carbocycles. The number of carbonyl (C=O) groups is 3. The van der Waals surface area contributed by atoms with Gasteiger partial charge in [-0.15, -0.1) is 0 Å². The van der Waals surface area contributed by atoms with Crippen molar-refractivity contribution < 1.29 is 19.1 Å². The first-order valence-corrected chi connectivity index (χ1v) is 12.1. The summed E-state index contributed by atoms with van der Waals surface area (Å²) >= 11 is 6.25. The number of barbiturate groups is 1. The van der Waals surface area contributed by atoms with Crippen LogP contribution in [-0.2, 0) is 16.2 Å². The van der Waals surface area contributed by atoms with E-state index in [2.05, 4.69) is 5.32 Å². The minimum atomic E-state index is -0.792. The lowest BCUT2D eigenvalue weighted by Crippen LogP contribution is -2.54. The van der Waals surface area contributed by atoms with Crippen LogP contribution in [0.25, 0.3) is 16.8 Å². The average molecular weight is 511 g/mol. The summed E-state index contributed by atoms with van der Waals surface area (Å²) in [6, 6.07) is 23.6. The summed E-state index contributed by atoms with van der Waals surface area (Å²) in [5.74, 6) is -1.06. The molecule has 0 saturated carbocycles. The molecule has 6 nitrogen and oxygen atoms in total. The Kier molecular flexibility index (Phi) is 6.51. The van der Waals surface area contributed by atoms with Crippen LogP contribution in [0.15, 0.2) is 84.4 Å². The zero-order valence-electron chi connectivity index (χ0n) is 20.2. The first-order chi connectivity index (χ1) is 17.8. The second-order valence-electron chi connectivity index (χ2n) is 8.86. The summed E-state index contributed by atoms with van der Waals surface area (Å²) < 4.78 is 6.14. The van der Waals surface area contributed by atoms with Crippen LogP contribution in [0, 0.1) is 13.8 Å². The molecule has 0 bridgehead atoms. The van der Waals surface area contributed by atoms with Gasteiger partial charge >= 0.3 is 6.03 Å². The Bertz CT molecular complexity index is 1600. The van der Waals surface area contributed by atoms with Gasteiger partial charge in [-0.05, 0) is 71.7 Å². The highest BCUT2D eigenvalue weighted by atomic mass is 35.5. The van der Waals surface area contributed by atoms with E-state index in [4.69, 9.17) is 16.3 Å². The number of amides is 4. The van der Waals surface area contributed by atoms with E-state index < -0.39 is 17.8 Å². The van der Waals surface area contributed by atoms with Crippen molar-refractivity contribution in [3.63, 3.8) is 0 Å². The van der Waals surface area contributed by atoms with Gasteiger partial charge in [-0.25, -0.2) is 9.69 Å². The molecule has 7 heteroatoms. The van der Waals surface area contributed by atoms with E-state index in [1.165, 1.54) is 6.08 Å². The molecule has 1 fully saturated rings. The second-order valence-corrected chi connectivity index (χ2v) is 9.29. The average Bonchev–Trinajstić information content (AvgIpc) is 2.88. The van der Waals surface area contributed by atoms with Gasteiger partial charge in [-0.1, -0.05) is 66.2 Å². The van der Waals surface area contributed by atoms with Gasteiger partial charge in [0.25, 0.3) is 11.8 Å². The normalized spacial score (nSPS) is 14.8. The number of fused-ring (bicyclic) bond motifs is 1. The van der Waals surface area contributed by atoms with Crippen LogP contribution in [0.5, 0.6) is 5.75 Å². The topological polar surface area (TPSA) is 75.7 Å². The fourth-order valence-electron chi connectivity index (χ4n) is 4.33. The van der Waals surface area contributed by atoms with Crippen molar-refractivity contribution in [2.75, 3.05) is 4.90 Å². The van der Waals surface area contributed by atoms with Crippen LogP contribution >= 0.6 is 11.6 Å². The molecule has 1 N–H and O–H groups in total. The molecule has 1 saturated heterocycles. The zero-order valence-corrected chi connectivity index (χ0v) is 21.0. The van der Waals surface area contributed by atoms with Crippen LogP contribution < -0.4 is 15.0 Å². The standard InChI is InChI=1S/C30H23ClN2O4/c1-18-10-11-19(2)26(14-18)33-29(35)25(28(34)32-30(33)36)16-22-15-23(31)12-13-27(22)37-17-21-8-5-7-20-6-3-4-9-24(20)21/h3-16H,17H2,1-2H3,(H,32,34,36)/b25-16+. The van der Waals surface area contributed by atoms with E-state index in [9.17, 15) is 14.4 Å². The number of hydrogen-bond donors (Lipinski definition) is 1. The van der Waals surface area contributed by atoms with Crippen molar-refractivity contribution in [3.8, 4) is 5.75 Å². The van der Waals surface area contributed by atoms with Crippen molar-refractivity contribution in [3.05, 3.63) is 112 Å². The summed E-state index contributed by atoms with van der Waals surface area (Å²) in [5, 5.41) is 4.86. The van der Waals surface area contributed by atoms with Gasteiger partial charge in [0.05, 0.1) is 5.69 Å². The molecule has 1 heterocycles. The third-order valence-electron chi connectivity index (χ3n) is 6.24. The molecular formula is C30H23ClN2O4. The van der Waals surface area contributed by atoms with Crippen LogP contribution in [0.1, 0.15) is 22.3 Å². The van der Waals surface area contributed by atoms with E-state index in [-0.39, 0.29) is 12.2 Å². The van der Waals surface area contributed by atoms with Crippen LogP contribution in [-0.4, -0.2) is 17.8 Å². The lowest BCUT2D eigenvalue weighted by Gasteiger charge is -2.28. The van der Waals surface area contributed by atoms with Crippen molar-refractivity contribution in [2.24, 2.45) is 0 Å². The number of hydrogen-bond acceptors (Lipinski definition) is 4. The molecule has 0 unspecified atom stereocenters. The van der Waals surface area contributed by atoms with Gasteiger partial charge in [0.2, 0.25) is 0 Å². The quantitative estimate of drug-likeness (QED) is 0.250. The molecule has 0 aromatic heterocycles. The Morgan fingerprint density at radius 1 is 0.919 bits per heavy atom. The van der Waals surface area contributed by atoms with Crippen molar-refractivity contribution in [2.45, 2.75) is 20.5 Å². The summed E-state index contributed by atoms with van der Waals surface area (Å²) in [6.45, 7) is 3.93. The Balaban J connectivity index is 1.50. The molecule has 37 heavy (non-hydrogen) atoms. The lowest BCUT2D eigenvalue weighted by atomic mass is 10.0. The highest BCUT2D eigenvalue weighted by Crippen LogP contribution is 2.30. The van der Waals surface area contributed by atoms with Gasteiger partial charge in [-0.3, -0.25) is 14.9 Å². The largest absolute Gasteiger partial charge is 0.488 e. The third kappa shape index (κ3) is 4.84. The zero-order chi connectivity index (χ0) is 26.1. The first-order valence-electron chi connectivity index (χ1n) is 11.7. The summed E-state index contributed by atoms with van der Waals surface area (Å²) in [6.07, 6.45) is 1.41. The number of nitrogens with one attached hydrogen (secondary N) is 1. The van der Waals surface area contributed by atoms with Crippen LogP contribution in [0.2, 0.25) is 5.02 Å². The Morgan fingerprint density at radius 3 is 2.54 bits per heavy atom. The maximum absolute atomic E-state index is 13.4. The number of urea groups is 1. The second kappa shape index (κ2) is 9.91. The predicted molar refractivity (Wildman–Crippen MR) is 145 cm³/mol. The Hall–Kier alpha value is -4.42. The number of ether oxygens (including phenoxy) is 1. The number of benzene rings is 4. The first kappa shape index (κ1) is 24.3. The van der Waals surface area contributed by atoms with Crippen molar-refractivity contribution in [1.29, 1.82) is 0 Å². The van der Waals surface area contributed by atoms with Crippen LogP contribution in [0.4, 0.5) is 10.5 Å². The number of aryl methyl sites for hydroxylation is 2. The number of imide groups is 2. The molecule has 0 radical (unpaired) electrons. The van der Waals surface area contributed by atoms with Crippen LogP contribution in [0.3, 0.4) is 0 Å². The highest BCUT2D eigenvalue weighted by molar-refractivity contribution is 6.39. The van der Waals surface area contributed by atoms with E-state index in [1.54, 1.807) is 31.2 Å². The van der Waals surface area contributed by atoms with Gasteiger partial charge in [0.1, 0.15) is 17.9 Å². The van der Waals surface area contributed by atoms with E-state index >= 15 is 0 Å². The number of anilines is 1. The molecule has 0 atom stereocenters. The van der Waals surface area contributed by atoms with E-state index in [0.29, 0.717) is 22.0 Å². The molecule has 5 rings (SSSR count). The fraction of sp³-hybridized carbons (Fsp3) is 0.100. The highest BCUT2D eigenvalue weighted by Gasteiger charge is 2.37. The van der Waals surface area contributed by atoms with Crippen molar-refractivity contribution >= 4 is 52.0 Å². The molecule has 1 aliphatic rings. The molecule has 0 spiro atoms. The molecule has 4 aromatic rings. The molecule has 1 aliphatic heterocycles. The predicted octanol–water partition coefficient (Wildman–Crippen LogP) is 6.36. The van der Waals surface area contributed by atoms with E-state index in [0.717, 1.165) is 32.4 Å². The van der Waals surface area contributed by atoms with Gasteiger partial charge in [0.15, 0.2) is 0 Å². The maximum Gasteiger partial charge on any atom is 0.335 e. The Morgan fingerprint density at radius 2 is 1.70 bits per heavy atom. The molecule has 184 valence electrons. The SMILES string of the molecule is Cc1ccc(C)c(N2C(=O)NC(=O)/C(=C\c3cc(Cl)ccc3OCc3cccc4ccccc34)C2=O)c1. The number of rotatable bonds is 5. The summed E-state index contributed by atoms with van der Waals surface area (Å²) in [7, 11) is 0. The number of nitrogens with zero attached hydrogens (tertiary/aromatic N) is 1. The molecule has 4 aromatic carbocycles.